The number of carbonyl (C=O) groups is 3. The maximum absolute atomic E-state index is 12.2. The lowest BCUT2D eigenvalue weighted by Crippen LogP contribution is -2.28. The highest BCUT2D eigenvalue weighted by atomic mass is 17.2. The number of allylic oxidation sites excluding steroid dienone is 4. The van der Waals surface area contributed by atoms with Gasteiger partial charge in [0.1, 0.15) is 11.9 Å². The summed E-state index contributed by atoms with van der Waals surface area (Å²) in [6, 6.07) is 0. The van der Waals surface area contributed by atoms with Crippen molar-refractivity contribution in [3.63, 3.8) is 0 Å². The van der Waals surface area contributed by atoms with Crippen LogP contribution in [-0.4, -0.2) is 100.0 Å². The standard InChI is InChI=1S/2C22H37NO5/c1-2-3-6-9-17(25)12-13-19-18(20-16-21(19)28-27-20)10-7-4-5-8-11-22(26)23-14-15-24;1-2-3-6-9-17(25)12-13-19-18(20(26)16-21(19)27)10-7-4-5-8-11-22(28)23-14-15-24/h4,7,12-13,17-21,24-25H,2-3,5-6,8-11,14-16H2,1H3,(H,23,26);4,7,12-13,17-19,21,24-25,27H,2-3,5-6,8-11,14-16H2,1H3,(H,23,28)/b2*7-4-,13-12+/t17-,18+,19+,20-,21+;17-,18+,19+,21+/m00/s1. The summed E-state index contributed by atoms with van der Waals surface area (Å²) in [5.74, 6) is 0.148. The number of amides is 2. The molecule has 12 nitrogen and oxygen atoms in total. The van der Waals surface area contributed by atoms with Crippen molar-refractivity contribution in [1.29, 1.82) is 0 Å². The summed E-state index contributed by atoms with van der Waals surface area (Å²) >= 11 is 0. The van der Waals surface area contributed by atoms with Crippen LogP contribution in [0.1, 0.15) is 129 Å². The van der Waals surface area contributed by atoms with Gasteiger partial charge >= 0.3 is 0 Å². The number of carbonyl (C=O) groups excluding carboxylic acids is 3. The number of aliphatic hydroxyl groups is 5. The van der Waals surface area contributed by atoms with Gasteiger partial charge in [-0.05, 0) is 51.4 Å². The summed E-state index contributed by atoms with van der Waals surface area (Å²) in [4.78, 5) is 45.9. The van der Waals surface area contributed by atoms with Crippen molar-refractivity contribution < 1.29 is 49.7 Å². The van der Waals surface area contributed by atoms with Crippen LogP contribution in [0.15, 0.2) is 48.6 Å². The number of unbranched alkanes of at least 4 members (excludes halogenated alkanes) is 6. The molecular formula is C44H74N2O10. The molecule has 0 aromatic rings. The summed E-state index contributed by atoms with van der Waals surface area (Å²) in [5, 5.41) is 53.0. The molecule has 2 bridgehead atoms. The zero-order valence-electron chi connectivity index (χ0n) is 34.1. The fraction of sp³-hybridized carbons (Fsp3) is 0.750. The predicted molar refractivity (Wildman–Crippen MR) is 218 cm³/mol. The molecule has 1 heterocycles. The normalized spacial score (nSPS) is 25.8. The van der Waals surface area contributed by atoms with Crippen molar-refractivity contribution in [2.75, 3.05) is 26.3 Å². The third-order valence-corrected chi connectivity index (χ3v) is 10.8. The first kappa shape index (κ1) is 49.4. The number of Topliss-reactive ketones (excluding diaryl/α,β-unsaturated/α-hetero) is 1. The minimum Gasteiger partial charge on any atom is -0.395 e. The average molecular weight is 791 g/mol. The Morgan fingerprint density at radius 1 is 0.732 bits per heavy atom. The van der Waals surface area contributed by atoms with Crippen LogP contribution >= 0.6 is 0 Å². The van der Waals surface area contributed by atoms with Gasteiger partial charge in [0, 0.05) is 62.4 Å². The molecule has 3 rings (SSSR count). The molecule has 3 fully saturated rings. The first-order valence-electron chi connectivity index (χ1n) is 21.5. The third-order valence-electron chi connectivity index (χ3n) is 10.8. The fourth-order valence-corrected chi connectivity index (χ4v) is 7.52. The number of hydrogen-bond acceptors (Lipinski definition) is 10. The fourth-order valence-electron chi connectivity index (χ4n) is 7.52. The molecule has 0 aromatic carbocycles. The zero-order chi connectivity index (χ0) is 41.0. The molecule has 2 amide bonds. The molecule has 0 radical (unpaired) electrons. The second kappa shape index (κ2) is 30.4. The lowest BCUT2D eigenvalue weighted by molar-refractivity contribution is -0.336. The van der Waals surface area contributed by atoms with E-state index in [1.807, 2.05) is 24.3 Å². The van der Waals surface area contributed by atoms with Gasteiger partial charge in [0.05, 0.1) is 37.6 Å². The van der Waals surface area contributed by atoms with Crippen molar-refractivity contribution in [3.05, 3.63) is 48.6 Å². The Morgan fingerprint density at radius 2 is 1.25 bits per heavy atom. The van der Waals surface area contributed by atoms with Crippen LogP contribution in [0.4, 0.5) is 0 Å². The van der Waals surface area contributed by atoms with Gasteiger partial charge in [0.15, 0.2) is 0 Å². The Balaban J connectivity index is 0.000000387. The maximum Gasteiger partial charge on any atom is 0.220 e. The van der Waals surface area contributed by atoms with Crippen molar-refractivity contribution >= 4 is 17.6 Å². The molecule has 3 aliphatic rings. The first-order valence-corrected chi connectivity index (χ1v) is 21.5. The highest BCUT2D eigenvalue weighted by molar-refractivity contribution is 5.84. The Hall–Kier alpha value is -2.71. The van der Waals surface area contributed by atoms with Crippen molar-refractivity contribution in [2.24, 2.45) is 23.7 Å². The van der Waals surface area contributed by atoms with Gasteiger partial charge in [-0.15, -0.1) is 0 Å². The van der Waals surface area contributed by atoms with Crippen LogP contribution in [0.5, 0.6) is 0 Å². The molecule has 12 heteroatoms. The highest BCUT2D eigenvalue weighted by Crippen LogP contribution is 2.45. The summed E-state index contributed by atoms with van der Waals surface area (Å²) in [5.41, 5.74) is 0. The van der Waals surface area contributed by atoms with Gasteiger partial charge in [-0.2, -0.15) is 0 Å². The largest absolute Gasteiger partial charge is 0.395 e. The quantitative estimate of drug-likeness (QED) is 0.0310. The third kappa shape index (κ3) is 20.1. The monoisotopic (exact) mass is 791 g/mol. The van der Waals surface area contributed by atoms with Crippen LogP contribution in [0.3, 0.4) is 0 Å². The molecule has 1 aliphatic heterocycles. The van der Waals surface area contributed by atoms with E-state index < -0.39 is 12.2 Å². The minimum absolute atomic E-state index is 0.0104. The Kier molecular flexibility index (Phi) is 26.8. The van der Waals surface area contributed by atoms with E-state index in [2.05, 4.69) is 42.7 Å². The number of nitrogens with one attached hydrogen (secondary N) is 2. The summed E-state index contributed by atoms with van der Waals surface area (Å²) in [6.45, 7) is 4.81. The Morgan fingerprint density at radius 3 is 1.79 bits per heavy atom. The number of aliphatic hydroxyl groups excluding tert-OH is 5. The van der Waals surface area contributed by atoms with Crippen LogP contribution in [0.25, 0.3) is 0 Å². The topological polar surface area (TPSA) is 195 Å². The van der Waals surface area contributed by atoms with Crippen LogP contribution in [0, 0.1) is 23.7 Å². The summed E-state index contributed by atoms with van der Waals surface area (Å²) < 4.78 is 0. The Bertz CT molecular complexity index is 1210. The zero-order valence-corrected chi connectivity index (χ0v) is 34.1. The van der Waals surface area contributed by atoms with E-state index in [0.29, 0.717) is 44.6 Å². The molecule has 1 saturated heterocycles. The molecule has 56 heavy (non-hydrogen) atoms. The van der Waals surface area contributed by atoms with Crippen molar-refractivity contribution in [2.45, 2.75) is 160 Å². The molecule has 2 aliphatic carbocycles. The molecular weight excluding hydrogens is 716 g/mol. The van der Waals surface area contributed by atoms with Crippen LogP contribution in [0.2, 0.25) is 0 Å². The van der Waals surface area contributed by atoms with Gasteiger partial charge < -0.3 is 36.2 Å². The van der Waals surface area contributed by atoms with Gasteiger partial charge in [0.2, 0.25) is 11.8 Å². The maximum atomic E-state index is 12.2. The average Bonchev–Trinajstić information content (AvgIpc) is 3.87. The van der Waals surface area contributed by atoms with Crippen molar-refractivity contribution in [3.8, 4) is 0 Å². The Labute approximate surface area is 335 Å². The van der Waals surface area contributed by atoms with E-state index in [4.69, 9.17) is 20.0 Å². The summed E-state index contributed by atoms with van der Waals surface area (Å²) in [7, 11) is 0. The molecule has 7 N–H and O–H groups in total. The van der Waals surface area contributed by atoms with E-state index in [9.17, 15) is 29.7 Å². The number of fused-ring (bicyclic) bond motifs is 2. The molecule has 2 saturated carbocycles. The minimum atomic E-state index is -0.680. The van der Waals surface area contributed by atoms with E-state index in [1.165, 1.54) is 0 Å². The lowest BCUT2D eigenvalue weighted by Gasteiger charge is -2.27. The lowest BCUT2D eigenvalue weighted by atomic mass is 9.89. The number of rotatable bonds is 28. The second-order valence-electron chi connectivity index (χ2n) is 15.4. The number of ketones is 1. The van der Waals surface area contributed by atoms with E-state index in [-0.39, 0.29) is 79.8 Å². The predicted octanol–water partition coefficient (Wildman–Crippen LogP) is 5.32. The second-order valence-corrected chi connectivity index (χ2v) is 15.4. The van der Waals surface area contributed by atoms with E-state index >= 15 is 0 Å². The molecule has 320 valence electrons. The van der Waals surface area contributed by atoms with Gasteiger partial charge in [-0.25, -0.2) is 9.78 Å². The molecule has 0 aromatic heterocycles. The van der Waals surface area contributed by atoms with Gasteiger partial charge in [-0.1, -0.05) is 101 Å². The van der Waals surface area contributed by atoms with Crippen molar-refractivity contribution in [1.82, 2.24) is 10.6 Å². The molecule has 0 unspecified atom stereocenters. The van der Waals surface area contributed by atoms with Crippen LogP contribution in [-0.2, 0) is 24.2 Å². The molecule has 0 spiro atoms. The first-order chi connectivity index (χ1) is 27.1. The van der Waals surface area contributed by atoms with Gasteiger partial charge in [0.25, 0.3) is 0 Å². The van der Waals surface area contributed by atoms with E-state index in [1.54, 1.807) is 6.08 Å². The smallest absolute Gasteiger partial charge is 0.220 e. The van der Waals surface area contributed by atoms with E-state index in [0.717, 1.165) is 77.0 Å². The SMILES string of the molecule is CCCCC[C@H](O)/C=C/[C@@H]1[C@@H](C/C=C\CCCC(=O)NCCO)[C@@H]2C[C@H]1OO2.CCCCC[C@H](O)/C=C/[C@H]1[C@H](O)CC(=O)[C@@H]1C/C=C\CCCC(=O)NCCO. The molecule has 9 atom stereocenters. The van der Waals surface area contributed by atoms with Gasteiger partial charge in [-0.3, -0.25) is 14.4 Å². The number of hydrogen-bond donors (Lipinski definition) is 7. The highest BCUT2D eigenvalue weighted by Gasteiger charge is 2.49. The van der Waals surface area contributed by atoms with Crippen LogP contribution < -0.4 is 10.6 Å². The summed E-state index contributed by atoms with van der Waals surface area (Å²) in [6.07, 6.45) is 29.1.